The van der Waals surface area contributed by atoms with Crippen LogP contribution in [0.4, 0.5) is 0 Å². The summed E-state index contributed by atoms with van der Waals surface area (Å²) in [4.78, 5) is 11.5. The van der Waals surface area contributed by atoms with E-state index < -0.39 is 11.4 Å². The average molecular weight is 336 g/mol. The number of halogens is 1. The number of carbonyl (C=O) groups is 1. The van der Waals surface area contributed by atoms with Crippen LogP contribution in [-0.2, 0) is 11.3 Å². The summed E-state index contributed by atoms with van der Waals surface area (Å²) < 4.78 is 5.80. The van der Waals surface area contributed by atoms with Crippen LogP contribution in [0.25, 0.3) is 11.3 Å². The van der Waals surface area contributed by atoms with E-state index in [1.165, 1.54) is 0 Å². The normalized spacial score (nSPS) is 11.6. The molecule has 0 aliphatic carbocycles. The van der Waals surface area contributed by atoms with Gasteiger partial charge in [-0.25, -0.2) is 0 Å². The molecule has 2 aromatic rings. The zero-order valence-electron chi connectivity index (χ0n) is 13.4. The van der Waals surface area contributed by atoms with Crippen molar-refractivity contribution < 1.29 is 14.3 Å². The van der Waals surface area contributed by atoms with Gasteiger partial charge in [0.1, 0.15) is 11.5 Å². The molecule has 23 heavy (non-hydrogen) atoms. The van der Waals surface area contributed by atoms with E-state index in [9.17, 15) is 9.90 Å². The molecule has 0 atom stereocenters. The number of furan rings is 1. The molecule has 4 nitrogen and oxygen atoms in total. The molecule has 2 N–H and O–H groups in total. The number of aliphatic carboxylic acids is 1. The lowest BCUT2D eigenvalue weighted by Crippen LogP contribution is -2.39. The van der Waals surface area contributed by atoms with Gasteiger partial charge in [-0.2, -0.15) is 0 Å². The summed E-state index contributed by atoms with van der Waals surface area (Å²) in [6, 6.07) is 11.3. The number of nitrogens with one attached hydrogen (secondary N) is 1. The third-order valence-electron chi connectivity index (χ3n) is 4.37. The molecular formula is C18H22ClNO3. The van der Waals surface area contributed by atoms with Crippen molar-refractivity contribution in [2.75, 3.05) is 6.54 Å². The number of hydrogen-bond donors (Lipinski definition) is 2. The highest BCUT2D eigenvalue weighted by atomic mass is 35.5. The number of benzene rings is 1. The van der Waals surface area contributed by atoms with Crippen molar-refractivity contribution in [2.45, 2.75) is 33.2 Å². The van der Waals surface area contributed by atoms with Crippen LogP contribution < -0.4 is 5.32 Å². The van der Waals surface area contributed by atoms with Gasteiger partial charge in [-0.15, -0.1) is 0 Å². The highest BCUT2D eigenvalue weighted by molar-refractivity contribution is 6.33. The molecule has 1 aromatic heterocycles. The van der Waals surface area contributed by atoms with Crippen LogP contribution in [0.1, 0.15) is 32.4 Å². The van der Waals surface area contributed by atoms with Gasteiger partial charge in [0.25, 0.3) is 0 Å². The highest BCUT2D eigenvalue weighted by Crippen LogP contribution is 2.29. The Kier molecular flexibility index (Phi) is 5.85. The zero-order valence-corrected chi connectivity index (χ0v) is 14.2. The first kappa shape index (κ1) is 17.6. The molecule has 0 spiro atoms. The van der Waals surface area contributed by atoms with Crippen molar-refractivity contribution in [3.63, 3.8) is 0 Å². The molecule has 0 aliphatic heterocycles. The first-order valence-electron chi connectivity index (χ1n) is 7.80. The largest absolute Gasteiger partial charge is 0.481 e. The van der Waals surface area contributed by atoms with Gasteiger partial charge in [-0.05, 0) is 37.1 Å². The molecule has 124 valence electrons. The summed E-state index contributed by atoms with van der Waals surface area (Å²) in [5.74, 6) is 0.709. The quantitative estimate of drug-likeness (QED) is 0.741. The van der Waals surface area contributed by atoms with Crippen molar-refractivity contribution in [1.82, 2.24) is 5.32 Å². The summed E-state index contributed by atoms with van der Waals surface area (Å²) in [7, 11) is 0. The lowest BCUT2D eigenvalue weighted by molar-refractivity contribution is -0.149. The zero-order chi connectivity index (χ0) is 16.9. The van der Waals surface area contributed by atoms with Gasteiger partial charge >= 0.3 is 5.97 Å². The molecular weight excluding hydrogens is 314 g/mol. The Balaban J connectivity index is 2.00. The standard InChI is InChI=1S/C18H22ClNO3/c1-3-18(4-2,17(21)22)12-20-11-13-9-10-16(23-13)14-7-5-6-8-15(14)19/h5-10,20H,3-4,11-12H2,1-2H3,(H,21,22). The van der Waals surface area contributed by atoms with Crippen molar-refractivity contribution >= 4 is 17.6 Å². The Hall–Kier alpha value is -1.78. The van der Waals surface area contributed by atoms with E-state index in [2.05, 4.69) is 5.32 Å². The molecule has 2 rings (SSSR count). The van der Waals surface area contributed by atoms with Gasteiger partial charge in [-0.1, -0.05) is 37.6 Å². The molecule has 0 aliphatic rings. The Morgan fingerprint density at radius 2 is 1.91 bits per heavy atom. The summed E-state index contributed by atoms with van der Waals surface area (Å²) in [6.07, 6.45) is 1.18. The maximum atomic E-state index is 11.5. The summed E-state index contributed by atoms with van der Waals surface area (Å²) in [6.45, 7) is 4.71. The van der Waals surface area contributed by atoms with Crippen LogP contribution in [0.15, 0.2) is 40.8 Å². The van der Waals surface area contributed by atoms with Crippen molar-refractivity contribution in [2.24, 2.45) is 5.41 Å². The minimum Gasteiger partial charge on any atom is -0.481 e. The molecule has 0 amide bonds. The Morgan fingerprint density at radius 1 is 1.22 bits per heavy atom. The Bertz CT molecular complexity index is 662. The second-order valence-corrected chi connectivity index (χ2v) is 6.05. The minimum absolute atomic E-state index is 0.414. The maximum Gasteiger partial charge on any atom is 0.310 e. The summed E-state index contributed by atoms with van der Waals surface area (Å²) >= 11 is 6.16. The van der Waals surface area contributed by atoms with Crippen LogP contribution in [0.5, 0.6) is 0 Å². The van der Waals surface area contributed by atoms with Crippen molar-refractivity contribution in [1.29, 1.82) is 0 Å². The average Bonchev–Trinajstić information content (AvgIpc) is 3.00. The fourth-order valence-electron chi connectivity index (χ4n) is 2.58. The van der Waals surface area contributed by atoms with Crippen molar-refractivity contribution in [3.8, 4) is 11.3 Å². The van der Waals surface area contributed by atoms with Gasteiger partial charge in [0.2, 0.25) is 0 Å². The fraction of sp³-hybridized carbons (Fsp3) is 0.389. The molecule has 0 fully saturated rings. The van der Waals surface area contributed by atoms with Gasteiger partial charge in [0, 0.05) is 12.1 Å². The smallest absolute Gasteiger partial charge is 0.310 e. The Labute approximate surface area is 141 Å². The molecule has 0 saturated heterocycles. The van der Waals surface area contributed by atoms with Gasteiger partial charge in [-0.3, -0.25) is 4.79 Å². The van der Waals surface area contributed by atoms with E-state index in [1.54, 1.807) is 0 Å². The first-order valence-corrected chi connectivity index (χ1v) is 8.18. The molecule has 0 bridgehead atoms. The number of carboxylic acids is 1. The highest BCUT2D eigenvalue weighted by Gasteiger charge is 2.34. The monoisotopic (exact) mass is 335 g/mol. The molecule has 5 heteroatoms. The van der Waals surface area contributed by atoms with E-state index in [4.69, 9.17) is 16.0 Å². The summed E-state index contributed by atoms with van der Waals surface area (Å²) in [5.41, 5.74) is 0.125. The lowest BCUT2D eigenvalue weighted by Gasteiger charge is -2.26. The van der Waals surface area contributed by atoms with E-state index in [0.29, 0.717) is 36.7 Å². The fourth-order valence-corrected chi connectivity index (χ4v) is 2.81. The predicted octanol–water partition coefficient (Wildman–Crippen LogP) is 4.58. The van der Waals surface area contributed by atoms with Gasteiger partial charge < -0.3 is 14.8 Å². The maximum absolute atomic E-state index is 11.5. The number of rotatable bonds is 8. The first-order chi connectivity index (χ1) is 11.0. The molecule has 0 unspecified atom stereocenters. The lowest BCUT2D eigenvalue weighted by atomic mass is 9.82. The molecule has 1 aromatic carbocycles. The second-order valence-electron chi connectivity index (χ2n) is 5.64. The molecule has 0 saturated carbocycles. The van der Waals surface area contributed by atoms with E-state index >= 15 is 0 Å². The predicted molar refractivity (Wildman–Crippen MR) is 91.5 cm³/mol. The number of hydrogen-bond acceptors (Lipinski definition) is 3. The van der Waals surface area contributed by atoms with Crippen molar-refractivity contribution in [3.05, 3.63) is 47.2 Å². The van der Waals surface area contributed by atoms with Crippen LogP contribution in [0, 0.1) is 5.41 Å². The topological polar surface area (TPSA) is 62.5 Å². The Morgan fingerprint density at radius 3 is 2.52 bits per heavy atom. The molecule has 1 heterocycles. The van der Waals surface area contributed by atoms with Crippen LogP contribution in [0.3, 0.4) is 0 Å². The van der Waals surface area contributed by atoms with Gasteiger partial charge in [0.05, 0.1) is 17.0 Å². The third-order valence-corrected chi connectivity index (χ3v) is 4.70. The third kappa shape index (κ3) is 3.95. The van der Waals surface area contributed by atoms with Crippen LogP contribution in [-0.4, -0.2) is 17.6 Å². The SMILES string of the molecule is CCC(CC)(CNCc1ccc(-c2ccccc2Cl)o1)C(=O)O. The number of carboxylic acid groups (broad SMARTS) is 1. The second kappa shape index (κ2) is 7.66. The van der Waals surface area contributed by atoms with E-state index in [-0.39, 0.29) is 0 Å². The van der Waals surface area contributed by atoms with Crippen LogP contribution in [0.2, 0.25) is 5.02 Å². The van der Waals surface area contributed by atoms with Gasteiger partial charge in [0.15, 0.2) is 0 Å². The van der Waals surface area contributed by atoms with E-state index in [1.807, 2.05) is 50.2 Å². The van der Waals surface area contributed by atoms with E-state index in [0.717, 1.165) is 11.3 Å². The van der Waals surface area contributed by atoms with Crippen LogP contribution >= 0.6 is 11.6 Å². The summed E-state index contributed by atoms with van der Waals surface area (Å²) in [5, 5.41) is 13.3. The minimum atomic E-state index is -0.758. The molecule has 0 radical (unpaired) electrons.